The van der Waals surface area contributed by atoms with E-state index in [4.69, 9.17) is 16.3 Å². The highest BCUT2D eigenvalue weighted by Crippen LogP contribution is 2.40. The summed E-state index contributed by atoms with van der Waals surface area (Å²) in [5, 5.41) is 12.9. The summed E-state index contributed by atoms with van der Waals surface area (Å²) < 4.78 is 55.2. The van der Waals surface area contributed by atoms with Gasteiger partial charge in [0, 0.05) is 28.7 Å². The third-order valence-corrected chi connectivity index (χ3v) is 10.0. The Morgan fingerprint density at radius 3 is 2.35 bits per heavy atom. The van der Waals surface area contributed by atoms with Gasteiger partial charge in [0.15, 0.2) is 9.84 Å². The van der Waals surface area contributed by atoms with E-state index in [-0.39, 0.29) is 29.6 Å². The fourth-order valence-electron chi connectivity index (χ4n) is 5.42. The molecule has 0 radical (unpaired) electrons. The lowest BCUT2D eigenvalue weighted by molar-refractivity contribution is -0.141. The van der Waals surface area contributed by atoms with Crippen LogP contribution in [0.15, 0.2) is 77.7 Å². The predicted molar refractivity (Wildman–Crippen MR) is 162 cm³/mol. The summed E-state index contributed by atoms with van der Waals surface area (Å²) in [6, 6.07) is 22.1. The third-order valence-electron chi connectivity index (χ3n) is 8.01. The van der Waals surface area contributed by atoms with Gasteiger partial charge in [-0.1, -0.05) is 42.8 Å². The van der Waals surface area contributed by atoms with Gasteiger partial charge in [-0.3, -0.25) is 4.79 Å². The zero-order valence-corrected chi connectivity index (χ0v) is 25.5. The maximum atomic E-state index is 13.2. The maximum absolute atomic E-state index is 13.2. The number of nitrogens with one attached hydrogen (secondary N) is 1. The van der Waals surface area contributed by atoms with Gasteiger partial charge < -0.3 is 15.0 Å². The van der Waals surface area contributed by atoms with Gasteiger partial charge in [0.05, 0.1) is 41.3 Å². The highest BCUT2D eigenvalue weighted by atomic mass is 35.5. The summed E-state index contributed by atoms with van der Waals surface area (Å²) in [5.74, 6) is -0.290. The molecule has 0 unspecified atom stereocenters. The van der Waals surface area contributed by atoms with Gasteiger partial charge in [-0.25, -0.2) is 8.42 Å². The number of hydrogen-bond donors (Lipinski definition) is 1. The summed E-state index contributed by atoms with van der Waals surface area (Å²) in [5.41, 5.74) is 2.13. The van der Waals surface area contributed by atoms with Crippen LogP contribution in [0.2, 0.25) is 5.02 Å². The van der Waals surface area contributed by atoms with E-state index in [0.29, 0.717) is 29.1 Å². The van der Waals surface area contributed by atoms with Crippen molar-refractivity contribution >= 4 is 33.0 Å². The van der Waals surface area contributed by atoms with Crippen LogP contribution >= 0.6 is 11.6 Å². The molecule has 3 aromatic rings. The molecule has 1 fully saturated rings. The lowest BCUT2D eigenvalue weighted by Crippen LogP contribution is -2.55. The average molecular weight is 630 g/mol. The molecule has 11 heteroatoms. The lowest BCUT2D eigenvalue weighted by atomic mass is 9.80. The number of alkyl halides is 2. The summed E-state index contributed by atoms with van der Waals surface area (Å²) in [7, 11) is -3.38. The van der Waals surface area contributed by atoms with Crippen molar-refractivity contribution < 1.29 is 26.7 Å². The number of amides is 1. The van der Waals surface area contributed by atoms with Crippen LogP contribution in [0.4, 0.5) is 14.5 Å². The molecule has 0 saturated carbocycles. The Balaban J connectivity index is 1.54. The van der Waals surface area contributed by atoms with Gasteiger partial charge in [0.25, 0.3) is 5.91 Å². The molecule has 1 aliphatic rings. The van der Waals surface area contributed by atoms with Crippen LogP contribution in [0.5, 0.6) is 0 Å². The smallest absolute Gasteiger partial charge is 0.345 e. The second kappa shape index (κ2) is 13.8. The molecular weight excluding hydrogens is 596 g/mol. The molecule has 0 aliphatic carbocycles. The molecule has 0 bridgehead atoms. The van der Waals surface area contributed by atoms with Gasteiger partial charge in [-0.05, 0) is 79.4 Å². The van der Waals surface area contributed by atoms with Crippen molar-refractivity contribution in [1.82, 2.24) is 5.32 Å². The quantitative estimate of drug-likeness (QED) is 0.248. The molecule has 1 N–H and O–H groups in total. The number of halogens is 3. The van der Waals surface area contributed by atoms with Crippen LogP contribution in [-0.4, -0.2) is 45.4 Å². The molecular formula is C32H34ClF2N3O4S. The second-order valence-corrected chi connectivity index (χ2v) is 13.6. The Kier molecular flexibility index (Phi) is 10.4. The molecule has 0 spiro atoms. The molecule has 3 atom stereocenters. The number of sulfone groups is 1. The zero-order chi connectivity index (χ0) is 31.2. The van der Waals surface area contributed by atoms with E-state index in [1.54, 1.807) is 43.3 Å². The van der Waals surface area contributed by atoms with E-state index in [2.05, 4.69) is 16.3 Å². The summed E-state index contributed by atoms with van der Waals surface area (Å²) in [4.78, 5) is 15.4. The first-order valence-electron chi connectivity index (χ1n) is 14.0. The fraction of sp³-hybridized carbons (Fsp3) is 0.375. The SMILES string of the molecule is CCS(=O)(=O)c1ccc([C@H](CC#N)NC(=O)c2ccc(N3C[C@H](c4ccc(Cl)cc4)CC[C@]3(C)COC(F)F)cc2)cc1. The number of rotatable bonds is 11. The number of carbonyl (C=O) groups excluding carboxylic acids is 1. The number of nitrogens with zero attached hydrogens (tertiary/aromatic N) is 2. The van der Waals surface area contributed by atoms with E-state index in [1.165, 1.54) is 12.1 Å². The van der Waals surface area contributed by atoms with E-state index >= 15 is 0 Å². The minimum absolute atomic E-state index is 0.00788. The van der Waals surface area contributed by atoms with E-state index in [9.17, 15) is 27.3 Å². The number of nitriles is 1. The van der Waals surface area contributed by atoms with Crippen LogP contribution in [0.3, 0.4) is 0 Å². The van der Waals surface area contributed by atoms with Crippen molar-refractivity contribution in [1.29, 1.82) is 5.26 Å². The van der Waals surface area contributed by atoms with Gasteiger partial charge in [0.1, 0.15) is 0 Å². The van der Waals surface area contributed by atoms with Crippen molar-refractivity contribution in [3.63, 3.8) is 0 Å². The molecule has 1 aliphatic heterocycles. The summed E-state index contributed by atoms with van der Waals surface area (Å²) in [6.07, 6.45) is 1.39. The zero-order valence-electron chi connectivity index (χ0n) is 24.0. The highest BCUT2D eigenvalue weighted by Gasteiger charge is 2.39. The summed E-state index contributed by atoms with van der Waals surface area (Å²) >= 11 is 6.08. The van der Waals surface area contributed by atoms with Crippen LogP contribution < -0.4 is 10.2 Å². The van der Waals surface area contributed by atoms with Crippen molar-refractivity contribution in [2.45, 2.75) is 62.1 Å². The van der Waals surface area contributed by atoms with E-state index < -0.39 is 33.9 Å². The molecule has 1 heterocycles. The first-order chi connectivity index (χ1) is 20.5. The monoisotopic (exact) mass is 629 g/mol. The fourth-order valence-corrected chi connectivity index (χ4v) is 6.43. The predicted octanol–water partition coefficient (Wildman–Crippen LogP) is 6.90. The first-order valence-corrected chi connectivity index (χ1v) is 16.0. The topological polar surface area (TPSA) is 99.5 Å². The highest BCUT2D eigenvalue weighted by molar-refractivity contribution is 7.91. The number of piperidine rings is 1. The largest absolute Gasteiger partial charge is 0.363 e. The molecule has 1 saturated heterocycles. The Morgan fingerprint density at radius 1 is 1.12 bits per heavy atom. The Hall–Kier alpha value is -3.52. The standard InChI is InChI=1S/C32H34ClF2N3O4S/c1-3-43(40,41)28-14-8-23(9-15-28)29(17-19-36)37-30(39)24-6-12-27(13-7-24)38-20-25(22-4-10-26(33)11-5-22)16-18-32(38,2)21-42-31(34)35/h4-15,25,29,31H,3,16-18,20-21H2,1-2H3,(H,37,39)/t25-,29+,32-/m1/s1. The average Bonchev–Trinajstić information content (AvgIpc) is 3.01. The van der Waals surface area contributed by atoms with Crippen LogP contribution in [0.25, 0.3) is 0 Å². The molecule has 228 valence electrons. The molecule has 3 aromatic carbocycles. The lowest BCUT2D eigenvalue weighted by Gasteiger charge is -2.49. The van der Waals surface area contributed by atoms with Crippen molar-refractivity contribution in [3.8, 4) is 6.07 Å². The summed E-state index contributed by atoms with van der Waals surface area (Å²) in [6.45, 7) is 0.983. The number of anilines is 1. The number of benzene rings is 3. The van der Waals surface area contributed by atoms with E-state index in [0.717, 1.165) is 17.7 Å². The van der Waals surface area contributed by atoms with E-state index in [1.807, 2.05) is 31.2 Å². The van der Waals surface area contributed by atoms with Gasteiger partial charge >= 0.3 is 6.61 Å². The molecule has 4 rings (SSSR count). The van der Waals surface area contributed by atoms with Crippen LogP contribution in [0, 0.1) is 11.3 Å². The van der Waals surface area contributed by atoms with Crippen molar-refractivity contribution in [3.05, 3.63) is 94.5 Å². The maximum Gasteiger partial charge on any atom is 0.345 e. The Bertz CT molecular complexity index is 1550. The second-order valence-electron chi connectivity index (χ2n) is 10.9. The molecule has 1 amide bonds. The van der Waals surface area contributed by atoms with Crippen molar-refractivity contribution in [2.24, 2.45) is 0 Å². The van der Waals surface area contributed by atoms with Crippen LogP contribution in [-0.2, 0) is 14.6 Å². The van der Waals surface area contributed by atoms with Gasteiger partial charge in [-0.2, -0.15) is 14.0 Å². The van der Waals surface area contributed by atoms with Crippen LogP contribution in [0.1, 0.15) is 66.6 Å². The van der Waals surface area contributed by atoms with Gasteiger partial charge in [-0.15, -0.1) is 0 Å². The number of carbonyl (C=O) groups is 1. The first kappa shape index (κ1) is 32.4. The molecule has 0 aromatic heterocycles. The minimum atomic E-state index is -3.38. The number of ether oxygens (including phenoxy) is 1. The Labute approximate surface area is 256 Å². The Morgan fingerprint density at radius 2 is 1.77 bits per heavy atom. The minimum Gasteiger partial charge on any atom is -0.363 e. The van der Waals surface area contributed by atoms with Crippen molar-refractivity contribution in [2.75, 3.05) is 23.8 Å². The third kappa shape index (κ3) is 7.91. The molecule has 43 heavy (non-hydrogen) atoms. The van der Waals surface area contributed by atoms with Gasteiger partial charge in [0.2, 0.25) is 0 Å². The molecule has 7 nitrogen and oxygen atoms in total. The normalized spacial score (nSPS) is 19.6. The number of hydrogen-bond acceptors (Lipinski definition) is 6.